The number of hydrogen-bond donors (Lipinski definition) is 2. The fraction of sp³-hybridized carbons (Fsp3) is 0.316. The summed E-state index contributed by atoms with van der Waals surface area (Å²) in [5.74, 6) is -0.681. The van der Waals surface area contributed by atoms with Gasteiger partial charge >= 0.3 is 6.18 Å². The standard InChI is InChI=1S/C19H18F3N3O3/c1-11(23-14-6-5-12-3-2-4-13(12)9-14)18(26)24-17-8-7-15(25(27)28)10-16(17)19(20,21)22/h5-11,23H,2-4H2,1H3,(H,24,26). The Hall–Kier alpha value is -3.10. The molecule has 1 unspecified atom stereocenters. The third-order valence-electron chi connectivity index (χ3n) is 4.65. The molecular formula is C19H18F3N3O3. The van der Waals surface area contributed by atoms with E-state index in [4.69, 9.17) is 0 Å². The molecule has 2 aromatic carbocycles. The average molecular weight is 393 g/mol. The van der Waals surface area contributed by atoms with Gasteiger partial charge in [-0.3, -0.25) is 14.9 Å². The number of anilines is 2. The number of nitro benzene ring substituents is 1. The molecule has 0 aliphatic heterocycles. The van der Waals surface area contributed by atoms with Gasteiger partial charge in [-0.2, -0.15) is 13.2 Å². The molecule has 1 aliphatic rings. The molecule has 1 atom stereocenters. The third-order valence-corrected chi connectivity index (χ3v) is 4.65. The summed E-state index contributed by atoms with van der Waals surface area (Å²) >= 11 is 0. The van der Waals surface area contributed by atoms with E-state index in [9.17, 15) is 28.1 Å². The molecule has 6 nitrogen and oxygen atoms in total. The first-order valence-electron chi connectivity index (χ1n) is 8.70. The molecular weight excluding hydrogens is 375 g/mol. The van der Waals surface area contributed by atoms with Crippen LogP contribution in [0.4, 0.5) is 30.2 Å². The molecule has 28 heavy (non-hydrogen) atoms. The van der Waals surface area contributed by atoms with Crippen molar-refractivity contribution in [1.82, 2.24) is 0 Å². The largest absolute Gasteiger partial charge is 0.418 e. The predicted octanol–water partition coefficient (Wildman–Crippen LogP) is 4.54. The Balaban J connectivity index is 1.75. The van der Waals surface area contributed by atoms with E-state index in [0.29, 0.717) is 11.8 Å². The van der Waals surface area contributed by atoms with Crippen LogP contribution in [-0.2, 0) is 23.8 Å². The summed E-state index contributed by atoms with van der Waals surface area (Å²) in [6.45, 7) is 1.53. The highest BCUT2D eigenvalue weighted by Gasteiger charge is 2.36. The summed E-state index contributed by atoms with van der Waals surface area (Å²) in [5.41, 5.74) is 0.693. The van der Waals surface area contributed by atoms with E-state index in [0.717, 1.165) is 31.4 Å². The van der Waals surface area contributed by atoms with E-state index in [1.54, 1.807) is 0 Å². The van der Waals surface area contributed by atoms with Crippen molar-refractivity contribution in [2.45, 2.75) is 38.4 Å². The second kappa shape index (κ2) is 7.49. The number of carbonyl (C=O) groups excluding carboxylic acids is 1. The highest BCUT2D eigenvalue weighted by Crippen LogP contribution is 2.37. The smallest absolute Gasteiger partial charge is 0.374 e. The average Bonchev–Trinajstić information content (AvgIpc) is 3.08. The maximum absolute atomic E-state index is 13.2. The summed E-state index contributed by atoms with van der Waals surface area (Å²) in [5, 5.41) is 15.9. The molecule has 0 heterocycles. The highest BCUT2D eigenvalue weighted by atomic mass is 19.4. The number of amides is 1. The van der Waals surface area contributed by atoms with Crippen LogP contribution >= 0.6 is 0 Å². The SMILES string of the molecule is CC(Nc1ccc2c(c1)CCC2)C(=O)Nc1ccc([N+](=O)[O-])cc1C(F)(F)F. The summed E-state index contributed by atoms with van der Waals surface area (Å²) in [6, 6.07) is 7.17. The minimum absolute atomic E-state index is 0.411. The first kappa shape index (κ1) is 19.7. The van der Waals surface area contributed by atoms with Crippen LogP contribution in [0.25, 0.3) is 0 Å². The lowest BCUT2D eigenvalue weighted by Gasteiger charge is -2.18. The third kappa shape index (κ3) is 4.24. The van der Waals surface area contributed by atoms with Gasteiger partial charge in [0.15, 0.2) is 0 Å². The molecule has 0 radical (unpaired) electrons. The minimum Gasteiger partial charge on any atom is -0.374 e. The number of halogens is 3. The van der Waals surface area contributed by atoms with Crippen LogP contribution < -0.4 is 10.6 Å². The number of benzene rings is 2. The Labute approximate surface area is 158 Å². The first-order chi connectivity index (χ1) is 13.1. The number of fused-ring (bicyclic) bond motifs is 1. The zero-order valence-corrected chi connectivity index (χ0v) is 15.0. The van der Waals surface area contributed by atoms with E-state index >= 15 is 0 Å². The Morgan fingerprint density at radius 3 is 2.54 bits per heavy atom. The molecule has 2 N–H and O–H groups in total. The van der Waals surface area contributed by atoms with Gasteiger partial charge in [0.1, 0.15) is 6.04 Å². The summed E-state index contributed by atoms with van der Waals surface area (Å²) in [7, 11) is 0. The van der Waals surface area contributed by atoms with E-state index in [1.807, 2.05) is 18.2 Å². The molecule has 3 rings (SSSR count). The quantitative estimate of drug-likeness (QED) is 0.577. The first-order valence-corrected chi connectivity index (χ1v) is 8.70. The molecule has 0 bridgehead atoms. The van der Waals surface area contributed by atoms with Crippen LogP contribution in [0.3, 0.4) is 0 Å². The van der Waals surface area contributed by atoms with Crippen LogP contribution in [-0.4, -0.2) is 16.9 Å². The van der Waals surface area contributed by atoms with Gasteiger partial charge < -0.3 is 10.6 Å². The number of aryl methyl sites for hydroxylation is 2. The van der Waals surface area contributed by atoms with E-state index in [-0.39, 0.29) is 0 Å². The summed E-state index contributed by atoms with van der Waals surface area (Å²) in [6.07, 6.45) is -1.78. The van der Waals surface area contributed by atoms with Gasteiger partial charge in [0.05, 0.1) is 16.2 Å². The maximum Gasteiger partial charge on any atom is 0.418 e. The lowest BCUT2D eigenvalue weighted by molar-refractivity contribution is -0.385. The summed E-state index contributed by atoms with van der Waals surface area (Å²) in [4.78, 5) is 22.2. The number of hydrogen-bond acceptors (Lipinski definition) is 4. The summed E-state index contributed by atoms with van der Waals surface area (Å²) < 4.78 is 39.7. The molecule has 0 aromatic heterocycles. The second-order valence-electron chi connectivity index (χ2n) is 6.68. The van der Waals surface area contributed by atoms with Crippen LogP contribution in [0.15, 0.2) is 36.4 Å². The van der Waals surface area contributed by atoms with Crippen molar-refractivity contribution in [2.24, 2.45) is 0 Å². The number of nitro groups is 1. The van der Waals surface area contributed by atoms with Crippen LogP contribution in [0, 0.1) is 10.1 Å². The van der Waals surface area contributed by atoms with Crippen LogP contribution in [0.5, 0.6) is 0 Å². The zero-order chi connectivity index (χ0) is 20.5. The Morgan fingerprint density at radius 1 is 1.14 bits per heavy atom. The van der Waals surface area contributed by atoms with E-state index in [2.05, 4.69) is 10.6 Å². The Kier molecular flexibility index (Phi) is 5.26. The minimum atomic E-state index is -4.84. The van der Waals surface area contributed by atoms with Crippen molar-refractivity contribution in [3.8, 4) is 0 Å². The van der Waals surface area contributed by atoms with Crippen molar-refractivity contribution in [1.29, 1.82) is 0 Å². The van der Waals surface area contributed by atoms with Gasteiger partial charge in [0.25, 0.3) is 5.69 Å². The molecule has 9 heteroatoms. The number of nitrogens with one attached hydrogen (secondary N) is 2. The number of non-ortho nitro benzene ring substituents is 1. The monoisotopic (exact) mass is 393 g/mol. The highest BCUT2D eigenvalue weighted by molar-refractivity contribution is 5.97. The fourth-order valence-electron chi connectivity index (χ4n) is 3.21. The second-order valence-corrected chi connectivity index (χ2v) is 6.68. The normalized spacial score (nSPS) is 14.3. The van der Waals surface area contributed by atoms with E-state index in [1.165, 1.54) is 18.1 Å². The van der Waals surface area contributed by atoms with Gasteiger partial charge in [-0.1, -0.05) is 6.07 Å². The molecule has 0 fully saturated rings. The molecule has 1 aliphatic carbocycles. The molecule has 0 saturated carbocycles. The van der Waals surface area contributed by atoms with E-state index < -0.39 is 40.0 Å². The predicted molar refractivity (Wildman–Crippen MR) is 98.3 cm³/mol. The van der Waals surface area contributed by atoms with Crippen molar-refractivity contribution in [3.05, 3.63) is 63.2 Å². The van der Waals surface area contributed by atoms with Crippen molar-refractivity contribution in [2.75, 3.05) is 10.6 Å². The van der Waals surface area contributed by atoms with Crippen LogP contribution in [0.2, 0.25) is 0 Å². The number of rotatable bonds is 5. The van der Waals surface area contributed by atoms with Crippen LogP contribution in [0.1, 0.15) is 30.0 Å². The van der Waals surface area contributed by atoms with Crippen molar-refractivity contribution < 1.29 is 22.9 Å². The topological polar surface area (TPSA) is 84.3 Å². The van der Waals surface area contributed by atoms with Crippen molar-refractivity contribution >= 4 is 23.0 Å². The Bertz CT molecular complexity index is 928. The van der Waals surface area contributed by atoms with Gasteiger partial charge in [-0.25, -0.2) is 0 Å². The van der Waals surface area contributed by atoms with Crippen molar-refractivity contribution in [3.63, 3.8) is 0 Å². The zero-order valence-electron chi connectivity index (χ0n) is 15.0. The molecule has 1 amide bonds. The number of alkyl halides is 3. The van der Waals surface area contributed by atoms with Gasteiger partial charge in [-0.15, -0.1) is 0 Å². The lowest BCUT2D eigenvalue weighted by atomic mass is 10.1. The Morgan fingerprint density at radius 2 is 1.86 bits per heavy atom. The molecule has 0 spiro atoms. The number of carbonyl (C=O) groups is 1. The molecule has 2 aromatic rings. The lowest BCUT2D eigenvalue weighted by Crippen LogP contribution is -2.32. The molecule has 148 valence electrons. The van der Waals surface area contributed by atoms with Gasteiger partial charge in [0, 0.05) is 17.8 Å². The fourth-order valence-corrected chi connectivity index (χ4v) is 3.21. The van der Waals surface area contributed by atoms with Gasteiger partial charge in [0.2, 0.25) is 5.91 Å². The number of nitrogens with zero attached hydrogens (tertiary/aromatic N) is 1. The van der Waals surface area contributed by atoms with Gasteiger partial charge in [-0.05, 0) is 55.5 Å². The molecule has 0 saturated heterocycles. The maximum atomic E-state index is 13.2.